The van der Waals surface area contributed by atoms with E-state index in [1.807, 2.05) is 49.9 Å². The molecule has 3 unspecified atom stereocenters. The normalized spacial score (nSPS) is 18.6. The highest BCUT2D eigenvalue weighted by molar-refractivity contribution is 5.95. The van der Waals surface area contributed by atoms with Crippen molar-refractivity contribution in [2.75, 3.05) is 11.4 Å². The van der Waals surface area contributed by atoms with Crippen LogP contribution >= 0.6 is 0 Å². The van der Waals surface area contributed by atoms with Crippen molar-refractivity contribution in [2.45, 2.75) is 52.1 Å². The van der Waals surface area contributed by atoms with Crippen molar-refractivity contribution in [2.24, 2.45) is 11.7 Å². The van der Waals surface area contributed by atoms with E-state index in [9.17, 15) is 9.59 Å². The van der Waals surface area contributed by atoms with E-state index in [-0.39, 0.29) is 23.8 Å². The third-order valence-corrected chi connectivity index (χ3v) is 4.70. The molecule has 2 rings (SSSR count). The van der Waals surface area contributed by atoms with Crippen LogP contribution in [0.1, 0.15) is 51.6 Å². The number of anilines is 1. The van der Waals surface area contributed by atoms with Gasteiger partial charge in [0.05, 0.1) is 12.1 Å². The van der Waals surface area contributed by atoms with E-state index in [0.717, 1.165) is 30.6 Å². The molecule has 1 saturated heterocycles. The molecule has 23 heavy (non-hydrogen) atoms. The predicted molar refractivity (Wildman–Crippen MR) is 92.0 cm³/mol. The summed E-state index contributed by atoms with van der Waals surface area (Å²) in [5.74, 6) is 0.218. The number of hydrogen-bond donors (Lipinski definition) is 2. The van der Waals surface area contributed by atoms with E-state index in [1.165, 1.54) is 0 Å². The van der Waals surface area contributed by atoms with Gasteiger partial charge in [0.2, 0.25) is 11.8 Å². The number of nitrogens with one attached hydrogen (secondary N) is 1. The van der Waals surface area contributed by atoms with Gasteiger partial charge >= 0.3 is 0 Å². The van der Waals surface area contributed by atoms with E-state index < -0.39 is 6.04 Å². The Morgan fingerprint density at radius 2 is 1.96 bits per heavy atom. The summed E-state index contributed by atoms with van der Waals surface area (Å²) in [5, 5.41) is 2.96. The van der Waals surface area contributed by atoms with Gasteiger partial charge in [0.25, 0.3) is 0 Å². The fraction of sp³-hybridized carbons (Fsp3) is 0.556. The van der Waals surface area contributed by atoms with Crippen LogP contribution in [-0.2, 0) is 9.59 Å². The second-order valence-corrected chi connectivity index (χ2v) is 6.38. The summed E-state index contributed by atoms with van der Waals surface area (Å²) < 4.78 is 0. The van der Waals surface area contributed by atoms with Crippen molar-refractivity contribution in [1.29, 1.82) is 0 Å². The number of carbonyl (C=O) groups is 2. The molecule has 3 N–H and O–H groups in total. The topological polar surface area (TPSA) is 75.4 Å². The van der Waals surface area contributed by atoms with Crippen LogP contribution in [0.2, 0.25) is 0 Å². The molecule has 5 heteroatoms. The number of hydrogen-bond acceptors (Lipinski definition) is 3. The van der Waals surface area contributed by atoms with Crippen LogP contribution in [0.15, 0.2) is 24.3 Å². The summed E-state index contributed by atoms with van der Waals surface area (Å²) in [6.07, 6.45) is 2.42. The molecule has 1 aromatic carbocycles. The van der Waals surface area contributed by atoms with Gasteiger partial charge in [-0.3, -0.25) is 9.59 Å². The average molecular weight is 317 g/mol. The molecular weight excluding hydrogens is 290 g/mol. The van der Waals surface area contributed by atoms with Crippen LogP contribution in [-0.4, -0.2) is 24.4 Å². The van der Waals surface area contributed by atoms with Gasteiger partial charge in [-0.1, -0.05) is 32.4 Å². The summed E-state index contributed by atoms with van der Waals surface area (Å²) in [4.78, 5) is 25.7. The SMILES string of the molecule is CCC(C)C(N)C(=O)NC(C)c1ccc(N2CCCC2=O)cc1. The molecule has 5 nitrogen and oxygen atoms in total. The number of rotatable bonds is 6. The Labute approximate surface area is 138 Å². The van der Waals surface area contributed by atoms with E-state index in [1.54, 1.807) is 0 Å². The third kappa shape index (κ3) is 4.10. The van der Waals surface area contributed by atoms with E-state index in [4.69, 9.17) is 5.73 Å². The highest BCUT2D eigenvalue weighted by atomic mass is 16.2. The molecule has 0 spiro atoms. The standard InChI is InChI=1S/C18H27N3O2/c1-4-12(2)17(19)18(23)20-13(3)14-7-9-15(10-8-14)21-11-5-6-16(21)22/h7-10,12-13,17H,4-6,11,19H2,1-3H3,(H,20,23). The summed E-state index contributed by atoms with van der Waals surface area (Å²) in [6.45, 7) is 6.74. The molecule has 2 amide bonds. The van der Waals surface area contributed by atoms with Gasteiger partial charge in [-0.05, 0) is 37.0 Å². The smallest absolute Gasteiger partial charge is 0.237 e. The third-order valence-electron chi connectivity index (χ3n) is 4.70. The van der Waals surface area contributed by atoms with Crippen LogP contribution in [0, 0.1) is 5.92 Å². The summed E-state index contributed by atoms with van der Waals surface area (Å²) >= 11 is 0. The first-order valence-electron chi connectivity index (χ1n) is 8.40. The quantitative estimate of drug-likeness (QED) is 0.846. The fourth-order valence-corrected chi connectivity index (χ4v) is 2.77. The van der Waals surface area contributed by atoms with Gasteiger partial charge in [-0.2, -0.15) is 0 Å². The first-order chi connectivity index (χ1) is 10.9. The number of carbonyl (C=O) groups excluding carboxylic acids is 2. The Kier molecular flexibility index (Phi) is 5.77. The zero-order valence-corrected chi connectivity index (χ0v) is 14.2. The molecule has 0 saturated carbocycles. The zero-order chi connectivity index (χ0) is 17.0. The molecule has 0 bridgehead atoms. The van der Waals surface area contributed by atoms with Crippen LogP contribution < -0.4 is 16.0 Å². The van der Waals surface area contributed by atoms with Crippen LogP contribution in [0.5, 0.6) is 0 Å². The lowest BCUT2D eigenvalue weighted by Crippen LogP contribution is -2.45. The first kappa shape index (κ1) is 17.5. The molecule has 3 atom stereocenters. The molecule has 126 valence electrons. The molecule has 1 aliphatic heterocycles. The Morgan fingerprint density at radius 1 is 1.30 bits per heavy atom. The van der Waals surface area contributed by atoms with E-state index in [0.29, 0.717) is 6.42 Å². The Hall–Kier alpha value is -1.88. The number of amides is 2. The summed E-state index contributed by atoms with van der Waals surface area (Å²) in [5.41, 5.74) is 7.89. The number of nitrogens with two attached hydrogens (primary N) is 1. The average Bonchev–Trinajstić information content (AvgIpc) is 2.99. The second kappa shape index (κ2) is 7.59. The minimum Gasteiger partial charge on any atom is -0.348 e. The fourth-order valence-electron chi connectivity index (χ4n) is 2.77. The number of benzene rings is 1. The van der Waals surface area contributed by atoms with E-state index >= 15 is 0 Å². The van der Waals surface area contributed by atoms with Gasteiger partial charge in [-0.25, -0.2) is 0 Å². The molecule has 1 aromatic rings. The first-order valence-corrected chi connectivity index (χ1v) is 8.40. The van der Waals surface area contributed by atoms with Gasteiger partial charge in [0.1, 0.15) is 0 Å². The van der Waals surface area contributed by atoms with Crippen molar-refractivity contribution in [1.82, 2.24) is 5.32 Å². The summed E-state index contributed by atoms with van der Waals surface area (Å²) in [7, 11) is 0. The molecule has 1 fully saturated rings. The lowest BCUT2D eigenvalue weighted by molar-refractivity contribution is -0.124. The van der Waals surface area contributed by atoms with Gasteiger partial charge < -0.3 is 16.0 Å². The van der Waals surface area contributed by atoms with E-state index in [2.05, 4.69) is 5.32 Å². The molecule has 1 heterocycles. The maximum absolute atomic E-state index is 12.2. The molecule has 0 aromatic heterocycles. The highest BCUT2D eigenvalue weighted by Gasteiger charge is 2.23. The molecule has 0 aliphatic carbocycles. The van der Waals surface area contributed by atoms with Crippen molar-refractivity contribution in [3.05, 3.63) is 29.8 Å². The van der Waals surface area contributed by atoms with Crippen molar-refractivity contribution >= 4 is 17.5 Å². The molecule has 1 aliphatic rings. The van der Waals surface area contributed by atoms with Crippen LogP contribution in [0.3, 0.4) is 0 Å². The van der Waals surface area contributed by atoms with Gasteiger partial charge in [-0.15, -0.1) is 0 Å². The lowest BCUT2D eigenvalue weighted by atomic mass is 9.98. The largest absolute Gasteiger partial charge is 0.348 e. The van der Waals surface area contributed by atoms with Crippen molar-refractivity contribution in [3.63, 3.8) is 0 Å². The van der Waals surface area contributed by atoms with Crippen LogP contribution in [0.4, 0.5) is 5.69 Å². The van der Waals surface area contributed by atoms with Crippen molar-refractivity contribution in [3.8, 4) is 0 Å². The minimum absolute atomic E-state index is 0.110. The number of nitrogens with zero attached hydrogens (tertiary/aromatic N) is 1. The maximum Gasteiger partial charge on any atom is 0.237 e. The molecular formula is C18H27N3O2. The van der Waals surface area contributed by atoms with Gasteiger partial charge in [0.15, 0.2) is 0 Å². The van der Waals surface area contributed by atoms with Crippen molar-refractivity contribution < 1.29 is 9.59 Å². The lowest BCUT2D eigenvalue weighted by Gasteiger charge is -2.22. The maximum atomic E-state index is 12.2. The van der Waals surface area contributed by atoms with Crippen LogP contribution in [0.25, 0.3) is 0 Å². The monoisotopic (exact) mass is 317 g/mol. The van der Waals surface area contributed by atoms with Gasteiger partial charge in [0, 0.05) is 18.7 Å². The molecule has 0 radical (unpaired) electrons. The minimum atomic E-state index is -0.482. The second-order valence-electron chi connectivity index (χ2n) is 6.38. The highest BCUT2D eigenvalue weighted by Crippen LogP contribution is 2.23. The Bertz CT molecular complexity index is 556. The predicted octanol–water partition coefficient (Wildman–Crippen LogP) is 2.36. The Morgan fingerprint density at radius 3 is 2.48 bits per heavy atom. The summed E-state index contributed by atoms with van der Waals surface area (Å²) in [6, 6.07) is 7.21. The zero-order valence-electron chi connectivity index (χ0n) is 14.2. The Balaban J connectivity index is 1.98.